The van der Waals surface area contributed by atoms with E-state index in [0.717, 1.165) is 22.2 Å². The molecule has 0 aliphatic rings. The van der Waals surface area contributed by atoms with Crippen LogP contribution in [0.25, 0.3) is 22.6 Å². The highest BCUT2D eigenvalue weighted by Gasteiger charge is 2.04. The summed E-state index contributed by atoms with van der Waals surface area (Å²) in [4.78, 5) is 4.73. The topological polar surface area (TPSA) is 17.3 Å². The van der Waals surface area contributed by atoms with Gasteiger partial charge in [-0.15, -0.1) is 0 Å². The molecule has 1 aromatic carbocycles. The third-order valence-electron chi connectivity index (χ3n) is 3.17. The molecule has 20 heavy (non-hydrogen) atoms. The van der Waals surface area contributed by atoms with Gasteiger partial charge in [0.1, 0.15) is 0 Å². The zero-order valence-corrected chi connectivity index (χ0v) is 11.4. The van der Waals surface area contributed by atoms with Gasteiger partial charge in [0.05, 0.1) is 22.2 Å². The Morgan fingerprint density at radius 2 is 1.70 bits per heavy atom. The number of nitrogens with zero attached hydrogens (tertiary/aromatic N) is 2. The van der Waals surface area contributed by atoms with Crippen molar-refractivity contribution in [2.45, 2.75) is 6.92 Å². The molecule has 0 fully saturated rings. The Balaban J connectivity index is 2.11. The largest absolute Gasteiger partial charge is 0.313 e. The molecule has 0 bridgehead atoms. The molecular formula is C18H16N2. The van der Waals surface area contributed by atoms with E-state index in [1.54, 1.807) is 0 Å². The van der Waals surface area contributed by atoms with E-state index < -0.39 is 0 Å². The fourth-order valence-corrected chi connectivity index (χ4v) is 2.26. The van der Waals surface area contributed by atoms with Crippen molar-refractivity contribution in [1.29, 1.82) is 0 Å². The van der Waals surface area contributed by atoms with Crippen LogP contribution in [0.3, 0.4) is 0 Å². The summed E-state index contributed by atoms with van der Waals surface area (Å²) in [6.45, 7) is 2.00. The third-order valence-corrected chi connectivity index (χ3v) is 3.17. The second-order valence-electron chi connectivity index (χ2n) is 4.52. The van der Waals surface area contributed by atoms with E-state index in [1.165, 1.54) is 0 Å². The highest BCUT2D eigenvalue weighted by molar-refractivity contribution is 5.82. The molecule has 0 unspecified atom stereocenters. The molecule has 0 spiro atoms. The van der Waals surface area contributed by atoms with Crippen LogP contribution < -0.4 is 0 Å². The van der Waals surface area contributed by atoms with E-state index in [-0.39, 0.29) is 0 Å². The Kier molecular flexibility index (Phi) is 3.46. The number of allylic oxidation sites excluding steroid dienone is 5. The summed E-state index contributed by atoms with van der Waals surface area (Å²) < 4.78 is 2.18. The average molecular weight is 260 g/mol. The maximum absolute atomic E-state index is 4.73. The minimum Gasteiger partial charge on any atom is -0.313 e. The fraction of sp³-hybridized carbons (Fsp3) is 0.0556. The van der Waals surface area contributed by atoms with Crippen LogP contribution in [0.2, 0.25) is 0 Å². The molecule has 98 valence electrons. The van der Waals surface area contributed by atoms with E-state index in [9.17, 15) is 0 Å². The van der Waals surface area contributed by atoms with Gasteiger partial charge < -0.3 is 4.40 Å². The lowest BCUT2D eigenvalue weighted by molar-refractivity contribution is 1.22. The third kappa shape index (κ3) is 2.28. The monoisotopic (exact) mass is 260 g/mol. The van der Waals surface area contributed by atoms with Gasteiger partial charge in [0.15, 0.2) is 0 Å². The van der Waals surface area contributed by atoms with Gasteiger partial charge in [0, 0.05) is 6.20 Å². The summed E-state index contributed by atoms with van der Waals surface area (Å²) in [7, 11) is 0. The Labute approximate surface area is 118 Å². The smallest absolute Gasteiger partial charge is 0.0878 e. The lowest BCUT2D eigenvalue weighted by Crippen LogP contribution is -1.93. The van der Waals surface area contributed by atoms with E-state index in [4.69, 9.17) is 4.98 Å². The van der Waals surface area contributed by atoms with Crippen molar-refractivity contribution in [2.75, 3.05) is 0 Å². The summed E-state index contributed by atoms with van der Waals surface area (Å²) in [5, 5.41) is 0. The Bertz CT molecular complexity index is 820. The molecule has 0 saturated heterocycles. The Morgan fingerprint density at radius 3 is 2.60 bits per heavy atom. The molecule has 3 rings (SSSR count). The minimum atomic E-state index is 0.985. The normalized spacial score (nSPS) is 12.7. The van der Waals surface area contributed by atoms with Crippen LogP contribution in [0.5, 0.6) is 0 Å². The van der Waals surface area contributed by atoms with Crippen LogP contribution in [-0.2, 0) is 0 Å². The quantitative estimate of drug-likeness (QED) is 0.627. The van der Waals surface area contributed by atoms with Crippen LogP contribution in [0, 0.1) is 0 Å². The minimum absolute atomic E-state index is 0.985. The molecular weight excluding hydrogens is 244 g/mol. The van der Waals surface area contributed by atoms with Gasteiger partial charge in [-0.1, -0.05) is 42.5 Å². The van der Waals surface area contributed by atoms with Gasteiger partial charge >= 0.3 is 0 Å². The van der Waals surface area contributed by atoms with Crippen LogP contribution in [0.1, 0.15) is 12.6 Å². The summed E-state index contributed by atoms with van der Waals surface area (Å²) in [6, 6.07) is 12.3. The number of benzene rings is 1. The fourth-order valence-electron chi connectivity index (χ4n) is 2.26. The van der Waals surface area contributed by atoms with Crippen molar-refractivity contribution in [3.63, 3.8) is 0 Å². The molecule has 0 aliphatic carbocycles. The van der Waals surface area contributed by atoms with Crippen LogP contribution in [0.15, 0.2) is 73.0 Å². The second-order valence-corrected chi connectivity index (χ2v) is 4.52. The summed E-state index contributed by atoms with van der Waals surface area (Å²) in [6.07, 6.45) is 14.2. The number of rotatable bonds is 3. The first kappa shape index (κ1) is 12.4. The molecule has 2 aromatic heterocycles. The van der Waals surface area contributed by atoms with Gasteiger partial charge in [0.2, 0.25) is 0 Å². The number of hydrogen-bond donors (Lipinski definition) is 0. The Morgan fingerprint density at radius 1 is 0.900 bits per heavy atom. The second kappa shape index (κ2) is 5.57. The molecule has 0 N–H and O–H groups in total. The predicted octanol–water partition coefficient (Wildman–Crippen LogP) is 4.63. The number of aromatic nitrogens is 2. The van der Waals surface area contributed by atoms with Crippen LogP contribution in [0.4, 0.5) is 0 Å². The van der Waals surface area contributed by atoms with Gasteiger partial charge in [-0.2, -0.15) is 0 Å². The van der Waals surface area contributed by atoms with Crippen molar-refractivity contribution in [3.8, 4) is 0 Å². The molecule has 2 heteroatoms. The van der Waals surface area contributed by atoms with Crippen molar-refractivity contribution in [1.82, 2.24) is 9.38 Å². The summed E-state index contributed by atoms with van der Waals surface area (Å²) in [5.74, 6) is 0. The first-order chi connectivity index (χ1) is 9.90. The van der Waals surface area contributed by atoms with E-state index in [2.05, 4.69) is 28.8 Å². The van der Waals surface area contributed by atoms with Crippen molar-refractivity contribution >= 4 is 22.6 Å². The van der Waals surface area contributed by atoms with Crippen LogP contribution >= 0.6 is 0 Å². The van der Waals surface area contributed by atoms with Gasteiger partial charge in [-0.3, -0.25) is 0 Å². The molecule has 2 nitrogen and oxygen atoms in total. The SMILES string of the molecule is C/C=C/C=C/C=C/c1nc2ccccc2n2cccc12. The number of hydrogen-bond acceptors (Lipinski definition) is 1. The highest BCUT2D eigenvalue weighted by atomic mass is 14.9. The predicted molar refractivity (Wildman–Crippen MR) is 85.7 cm³/mol. The number of para-hydroxylation sites is 2. The van der Waals surface area contributed by atoms with E-state index in [1.807, 2.05) is 61.6 Å². The lowest BCUT2D eigenvalue weighted by atomic mass is 10.2. The first-order valence-electron chi connectivity index (χ1n) is 6.72. The molecule has 0 atom stereocenters. The molecule has 0 saturated carbocycles. The van der Waals surface area contributed by atoms with Gasteiger partial charge in [-0.25, -0.2) is 4.98 Å². The molecule has 0 radical (unpaired) electrons. The molecule has 0 aliphatic heterocycles. The zero-order chi connectivity index (χ0) is 13.8. The molecule has 3 aromatic rings. The van der Waals surface area contributed by atoms with Gasteiger partial charge in [0.25, 0.3) is 0 Å². The highest BCUT2D eigenvalue weighted by Crippen LogP contribution is 2.19. The van der Waals surface area contributed by atoms with Crippen molar-refractivity contribution < 1.29 is 0 Å². The van der Waals surface area contributed by atoms with Gasteiger partial charge in [-0.05, 0) is 37.3 Å². The average Bonchev–Trinajstić information content (AvgIpc) is 2.97. The van der Waals surface area contributed by atoms with E-state index >= 15 is 0 Å². The van der Waals surface area contributed by atoms with Crippen molar-refractivity contribution in [2.24, 2.45) is 0 Å². The zero-order valence-electron chi connectivity index (χ0n) is 11.4. The summed E-state index contributed by atoms with van der Waals surface area (Å²) >= 11 is 0. The Hall–Kier alpha value is -2.61. The lowest BCUT2D eigenvalue weighted by Gasteiger charge is -2.05. The standard InChI is InChI=1S/C18H16N2/c1-2-3-4-5-6-10-15-18-13-9-14-20(18)17-12-8-7-11-16(17)19-15/h2-14H,1H3/b3-2+,5-4+,10-6+. The van der Waals surface area contributed by atoms with Crippen LogP contribution in [-0.4, -0.2) is 9.38 Å². The maximum Gasteiger partial charge on any atom is 0.0878 e. The maximum atomic E-state index is 4.73. The summed E-state index contributed by atoms with van der Waals surface area (Å²) in [5.41, 5.74) is 4.25. The molecule has 2 heterocycles. The number of fused-ring (bicyclic) bond motifs is 3. The first-order valence-corrected chi connectivity index (χ1v) is 6.72. The van der Waals surface area contributed by atoms with Crippen molar-refractivity contribution in [3.05, 3.63) is 78.7 Å². The molecule has 0 amide bonds. The van der Waals surface area contributed by atoms with E-state index in [0.29, 0.717) is 0 Å².